The largest absolute Gasteiger partial charge is 0.356 e. The van der Waals surface area contributed by atoms with Gasteiger partial charge in [-0.2, -0.15) is 0 Å². The lowest BCUT2D eigenvalue weighted by molar-refractivity contribution is 0.806. The highest BCUT2D eigenvalue weighted by atomic mass is 14.9. The predicted molar refractivity (Wildman–Crippen MR) is 77.5 cm³/mol. The van der Waals surface area contributed by atoms with Gasteiger partial charge in [0.25, 0.3) is 0 Å². The van der Waals surface area contributed by atoms with E-state index in [2.05, 4.69) is 49.6 Å². The van der Waals surface area contributed by atoms with E-state index in [1.54, 1.807) is 6.33 Å². The molecule has 98 valence electrons. The Hall–Kier alpha value is -1.97. The molecule has 2 aromatic heterocycles. The van der Waals surface area contributed by atoms with Gasteiger partial charge in [0.15, 0.2) is 0 Å². The van der Waals surface area contributed by atoms with Crippen molar-refractivity contribution in [1.29, 1.82) is 0 Å². The van der Waals surface area contributed by atoms with E-state index in [9.17, 15) is 0 Å². The van der Waals surface area contributed by atoms with Gasteiger partial charge in [-0.05, 0) is 26.7 Å². The van der Waals surface area contributed by atoms with Crippen molar-refractivity contribution in [2.45, 2.75) is 40.5 Å². The van der Waals surface area contributed by atoms with Gasteiger partial charge >= 0.3 is 0 Å². The number of rotatable bonds is 1. The molecule has 3 aromatic rings. The van der Waals surface area contributed by atoms with Crippen LogP contribution in [0.5, 0.6) is 0 Å². The zero-order valence-corrected chi connectivity index (χ0v) is 12.0. The van der Waals surface area contributed by atoms with Gasteiger partial charge in [-0.25, -0.2) is 15.0 Å². The molecule has 0 aliphatic carbocycles. The van der Waals surface area contributed by atoms with Gasteiger partial charge in [0.1, 0.15) is 6.33 Å². The van der Waals surface area contributed by atoms with Crippen molar-refractivity contribution in [3.8, 4) is 0 Å². The molecular weight excluding hydrogens is 236 g/mol. The summed E-state index contributed by atoms with van der Waals surface area (Å²) in [5, 5.41) is 0. The lowest BCUT2D eigenvalue weighted by Crippen LogP contribution is -2.03. The quantitative estimate of drug-likeness (QED) is 0.722. The van der Waals surface area contributed by atoms with Crippen molar-refractivity contribution in [3.05, 3.63) is 28.8 Å². The Morgan fingerprint density at radius 2 is 1.58 bits per heavy atom. The van der Waals surface area contributed by atoms with Crippen molar-refractivity contribution >= 4 is 22.1 Å². The van der Waals surface area contributed by atoms with Crippen molar-refractivity contribution in [3.63, 3.8) is 0 Å². The normalized spacial score (nSPS) is 11.9. The number of aryl methyl sites for hydroxylation is 3. The first-order chi connectivity index (χ1) is 9.00. The summed E-state index contributed by atoms with van der Waals surface area (Å²) < 4.78 is 0. The standard InChI is InChI=1S/C15H18N4/c1-7(2)11-10(5)18-14-8(3)12-13(17-6-16-12)9(4)15(14)19-11/h6-7,18H,1-5H3. The molecule has 0 unspecified atom stereocenters. The molecule has 2 heterocycles. The molecular formula is C15H18N4. The summed E-state index contributed by atoms with van der Waals surface area (Å²) in [6.07, 6.45) is 1.62. The second-order valence-corrected chi connectivity index (χ2v) is 5.45. The van der Waals surface area contributed by atoms with Crippen LogP contribution in [0.25, 0.3) is 22.1 Å². The van der Waals surface area contributed by atoms with Crippen LogP contribution in [0.3, 0.4) is 0 Å². The highest BCUT2D eigenvalue weighted by Gasteiger charge is 2.15. The Bertz CT molecular complexity index is 784. The summed E-state index contributed by atoms with van der Waals surface area (Å²) in [5.74, 6) is 0.404. The van der Waals surface area contributed by atoms with Gasteiger partial charge in [-0.1, -0.05) is 13.8 Å². The molecule has 4 nitrogen and oxygen atoms in total. The predicted octanol–water partition coefficient (Wildman–Crippen LogP) is 3.55. The maximum atomic E-state index is 4.87. The summed E-state index contributed by atoms with van der Waals surface area (Å²) in [4.78, 5) is 17.1. The molecule has 0 saturated carbocycles. The number of imidazole rings is 1. The molecule has 0 aliphatic heterocycles. The van der Waals surface area contributed by atoms with E-state index in [-0.39, 0.29) is 0 Å². The van der Waals surface area contributed by atoms with Crippen molar-refractivity contribution in [2.75, 3.05) is 0 Å². The number of hydrogen-bond donors (Lipinski definition) is 1. The first kappa shape index (κ1) is 12.1. The molecule has 4 heteroatoms. The van der Waals surface area contributed by atoms with Crippen LogP contribution >= 0.6 is 0 Å². The smallest absolute Gasteiger partial charge is 0.116 e. The highest BCUT2D eigenvalue weighted by Crippen LogP contribution is 2.29. The molecule has 1 aromatic carbocycles. The van der Waals surface area contributed by atoms with Gasteiger partial charge < -0.3 is 4.98 Å². The average Bonchev–Trinajstić information content (AvgIpc) is 2.84. The van der Waals surface area contributed by atoms with Crippen LogP contribution in [0.1, 0.15) is 42.3 Å². The van der Waals surface area contributed by atoms with E-state index >= 15 is 0 Å². The van der Waals surface area contributed by atoms with E-state index in [4.69, 9.17) is 4.98 Å². The fourth-order valence-corrected chi connectivity index (χ4v) is 2.72. The topological polar surface area (TPSA) is 54.5 Å². The van der Waals surface area contributed by atoms with Gasteiger partial charge in [0.05, 0.1) is 27.8 Å². The van der Waals surface area contributed by atoms with E-state index in [1.165, 1.54) is 0 Å². The molecule has 0 spiro atoms. The molecule has 3 rings (SSSR count). The second-order valence-electron chi connectivity index (χ2n) is 5.45. The Kier molecular flexibility index (Phi) is 2.55. The van der Waals surface area contributed by atoms with E-state index < -0.39 is 0 Å². The maximum Gasteiger partial charge on any atom is 0.116 e. The molecule has 1 N–H and O–H groups in total. The second kappa shape index (κ2) is 4.02. The molecule has 0 atom stereocenters. The van der Waals surface area contributed by atoms with Crippen LogP contribution in [0.2, 0.25) is 0 Å². The molecule has 0 fully saturated rings. The zero-order valence-electron chi connectivity index (χ0n) is 12.0. The van der Waals surface area contributed by atoms with E-state index in [0.29, 0.717) is 5.92 Å². The average molecular weight is 254 g/mol. The van der Waals surface area contributed by atoms with Gasteiger partial charge in [-0.15, -0.1) is 0 Å². The number of nitrogens with zero attached hydrogens (tertiary/aromatic N) is 3. The third-order valence-electron chi connectivity index (χ3n) is 3.75. The Morgan fingerprint density at radius 1 is 0.947 bits per heavy atom. The summed E-state index contributed by atoms with van der Waals surface area (Å²) in [6, 6.07) is 0. The molecule has 0 saturated heterocycles. The fraction of sp³-hybridized carbons (Fsp3) is 0.400. The summed E-state index contributed by atoms with van der Waals surface area (Å²) in [6.45, 7) is 10.6. The number of aromatic amines is 1. The lowest BCUT2D eigenvalue weighted by atomic mass is 10.0. The van der Waals surface area contributed by atoms with E-state index in [1.807, 2.05) is 0 Å². The minimum absolute atomic E-state index is 0.404. The molecule has 0 bridgehead atoms. The zero-order chi connectivity index (χ0) is 13.7. The maximum absolute atomic E-state index is 4.87. The van der Waals surface area contributed by atoms with Crippen LogP contribution in [-0.2, 0) is 0 Å². The number of fused-ring (bicyclic) bond motifs is 2. The summed E-state index contributed by atoms with van der Waals surface area (Å²) in [7, 11) is 0. The molecule has 19 heavy (non-hydrogen) atoms. The number of hydrogen-bond acceptors (Lipinski definition) is 3. The van der Waals surface area contributed by atoms with Crippen LogP contribution < -0.4 is 0 Å². The van der Waals surface area contributed by atoms with Crippen LogP contribution in [-0.4, -0.2) is 19.9 Å². The Balaban J connectivity index is 2.52. The SMILES string of the molecule is Cc1[nH]c2c(C)c3ncnc3c(C)c2nc1C(C)C. The molecule has 0 radical (unpaired) electrons. The van der Waals surface area contributed by atoms with Crippen molar-refractivity contribution in [2.24, 2.45) is 0 Å². The Morgan fingerprint density at radius 3 is 2.21 bits per heavy atom. The van der Waals surface area contributed by atoms with Crippen LogP contribution in [0, 0.1) is 20.8 Å². The van der Waals surface area contributed by atoms with Gasteiger partial charge in [0, 0.05) is 16.8 Å². The molecule has 0 aliphatic rings. The van der Waals surface area contributed by atoms with Crippen molar-refractivity contribution in [1.82, 2.24) is 19.9 Å². The monoisotopic (exact) mass is 254 g/mol. The third-order valence-corrected chi connectivity index (χ3v) is 3.75. The van der Waals surface area contributed by atoms with Crippen molar-refractivity contribution < 1.29 is 0 Å². The first-order valence-corrected chi connectivity index (χ1v) is 6.60. The minimum atomic E-state index is 0.404. The van der Waals surface area contributed by atoms with Gasteiger partial charge in [-0.3, -0.25) is 0 Å². The number of aromatic nitrogens is 4. The summed E-state index contributed by atoms with van der Waals surface area (Å²) in [5.41, 5.74) is 8.50. The molecule has 0 amide bonds. The number of H-pyrrole nitrogens is 1. The number of nitrogens with one attached hydrogen (secondary N) is 1. The minimum Gasteiger partial charge on any atom is -0.356 e. The fourth-order valence-electron chi connectivity index (χ4n) is 2.72. The van der Waals surface area contributed by atoms with Crippen LogP contribution in [0.15, 0.2) is 6.33 Å². The van der Waals surface area contributed by atoms with Crippen LogP contribution in [0.4, 0.5) is 0 Å². The van der Waals surface area contributed by atoms with Gasteiger partial charge in [0.2, 0.25) is 0 Å². The lowest BCUT2D eigenvalue weighted by Gasteiger charge is -2.14. The number of benzene rings is 1. The highest BCUT2D eigenvalue weighted by molar-refractivity contribution is 5.98. The summed E-state index contributed by atoms with van der Waals surface area (Å²) >= 11 is 0. The van der Waals surface area contributed by atoms with E-state index in [0.717, 1.165) is 44.6 Å². The Labute approximate surface area is 112 Å². The first-order valence-electron chi connectivity index (χ1n) is 6.60. The third kappa shape index (κ3) is 1.63.